The van der Waals surface area contributed by atoms with Crippen molar-refractivity contribution in [2.45, 2.75) is 32.1 Å². The van der Waals surface area contributed by atoms with Gasteiger partial charge in [-0.2, -0.15) is 10.2 Å². The Morgan fingerprint density at radius 1 is 0.881 bits per heavy atom. The molecule has 0 fully saturated rings. The second-order valence-corrected chi connectivity index (χ2v) is 10.4. The van der Waals surface area contributed by atoms with Gasteiger partial charge in [-0.3, -0.25) is 0 Å². The summed E-state index contributed by atoms with van der Waals surface area (Å²) in [5.41, 5.74) is 8.19. The number of hydrogen-bond acceptors (Lipinski definition) is 11. The maximum atomic E-state index is 12.0. The number of anilines is 2. The average Bonchev–Trinajstić information content (AvgIpc) is 2.96. The first-order valence-corrected chi connectivity index (χ1v) is 14.5. The number of nitrogens with zero attached hydrogens (tertiary/aromatic N) is 5. The van der Waals surface area contributed by atoms with E-state index in [0.29, 0.717) is 41.2 Å². The molecule has 0 heterocycles. The van der Waals surface area contributed by atoms with Crippen LogP contribution in [0.5, 0.6) is 11.5 Å². The normalized spacial score (nSPS) is 11.7. The number of phenolic OH excluding ortho intramolecular Hbond substituents is 1. The maximum absolute atomic E-state index is 12.0. The van der Waals surface area contributed by atoms with E-state index in [0.717, 1.165) is 24.8 Å². The monoisotopic (exact) mass is 598 g/mol. The minimum atomic E-state index is -4.99. The zero-order chi connectivity index (χ0) is 29.6. The number of nitrogens with two attached hydrogens (primary N) is 1. The van der Waals surface area contributed by atoms with Gasteiger partial charge in [-0.1, -0.05) is 13.0 Å². The van der Waals surface area contributed by atoms with Crippen molar-refractivity contribution >= 4 is 55.0 Å². The van der Waals surface area contributed by atoms with Crippen LogP contribution in [0.4, 0.5) is 34.1 Å². The fourth-order valence-electron chi connectivity index (χ4n) is 4.16. The van der Waals surface area contributed by atoms with E-state index in [2.05, 4.69) is 39.2 Å². The number of rotatable bonds is 11. The van der Waals surface area contributed by atoms with Gasteiger partial charge in [0.25, 0.3) is 0 Å². The standard InChI is InChI=1S/C29H32N6O5S.Na/c1-4-15-40-26-18-22(32-31-21-9-12-23(13-10-21)35(5-2)6-3)11-14-25(26)33-34-28-27(41(37,38)39)16-19-7-8-20(30)17-24(19)29(28)36;/h7-14,16-18,36H,4-6,15,30H2,1-3H3,(H,37,38,39);/q;+1/p-1. The summed E-state index contributed by atoms with van der Waals surface area (Å²) in [4.78, 5) is 1.53. The predicted molar refractivity (Wildman–Crippen MR) is 159 cm³/mol. The van der Waals surface area contributed by atoms with Gasteiger partial charge in [-0.25, -0.2) is 8.42 Å². The molecule has 0 radical (unpaired) electrons. The third-order valence-corrected chi connectivity index (χ3v) is 7.12. The fraction of sp³-hybridized carbons (Fsp3) is 0.241. The molecule has 0 unspecified atom stereocenters. The third-order valence-electron chi connectivity index (χ3n) is 6.27. The number of azo groups is 2. The van der Waals surface area contributed by atoms with E-state index in [4.69, 9.17) is 10.5 Å². The molecule has 4 aromatic rings. The average molecular weight is 599 g/mol. The van der Waals surface area contributed by atoms with Crippen LogP contribution in [0.1, 0.15) is 27.2 Å². The predicted octanol–water partition coefficient (Wildman–Crippen LogP) is 4.50. The van der Waals surface area contributed by atoms with Crippen LogP contribution in [0.2, 0.25) is 0 Å². The number of fused-ring (bicyclic) bond motifs is 1. The molecule has 3 N–H and O–H groups in total. The first-order valence-electron chi connectivity index (χ1n) is 13.1. The van der Waals surface area contributed by atoms with Crippen molar-refractivity contribution in [3.8, 4) is 11.5 Å². The Morgan fingerprint density at radius 3 is 2.19 bits per heavy atom. The van der Waals surface area contributed by atoms with Gasteiger partial charge in [0.1, 0.15) is 27.2 Å². The van der Waals surface area contributed by atoms with Crippen LogP contribution in [0.25, 0.3) is 10.8 Å². The molecule has 0 saturated carbocycles. The quantitative estimate of drug-likeness (QED) is 0.111. The Bertz CT molecular complexity index is 1710. The number of phenols is 1. The molecule has 0 aliphatic rings. The van der Waals surface area contributed by atoms with Gasteiger partial charge in [0.05, 0.1) is 22.9 Å². The molecule has 13 heteroatoms. The first kappa shape index (κ1) is 33.0. The van der Waals surface area contributed by atoms with Gasteiger partial charge >= 0.3 is 29.6 Å². The second-order valence-electron chi connectivity index (χ2n) is 9.10. The smallest absolute Gasteiger partial charge is 0.744 e. The van der Waals surface area contributed by atoms with E-state index < -0.39 is 26.5 Å². The molecule has 0 saturated heterocycles. The zero-order valence-electron chi connectivity index (χ0n) is 24.0. The van der Waals surface area contributed by atoms with Crippen LogP contribution < -0.4 is 44.9 Å². The number of benzene rings is 4. The number of aromatic hydroxyl groups is 1. The molecular weight excluding hydrogens is 567 g/mol. The third kappa shape index (κ3) is 7.84. The van der Waals surface area contributed by atoms with Crippen molar-refractivity contribution in [1.29, 1.82) is 0 Å². The molecule has 4 aromatic carbocycles. The number of nitrogen functional groups attached to an aromatic ring is 1. The topological polar surface area (TPSA) is 165 Å². The van der Waals surface area contributed by atoms with Crippen LogP contribution in [0.3, 0.4) is 0 Å². The van der Waals surface area contributed by atoms with E-state index in [1.165, 1.54) is 18.2 Å². The minimum absolute atomic E-state index is 0. The molecule has 0 bridgehead atoms. The van der Waals surface area contributed by atoms with Gasteiger partial charge in [-0.15, -0.1) is 10.2 Å². The van der Waals surface area contributed by atoms with Crippen LogP contribution in [0.15, 0.2) is 92.1 Å². The van der Waals surface area contributed by atoms with Crippen LogP contribution in [0, 0.1) is 0 Å². The Kier molecular flexibility index (Phi) is 11.4. The van der Waals surface area contributed by atoms with Crippen LogP contribution in [-0.2, 0) is 10.1 Å². The molecule has 0 atom stereocenters. The van der Waals surface area contributed by atoms with E-state index in [9.17, 15) is 18.1 Å². The zero-order valence-corrected chi connectivity index (χ0v) is 26.8. The largest absolute Gasteiger partial charge is 1.00 e. The molecule has 0 spiro atoms. The molecule has 0 aliphatic heterocycles. The minimum Gasteiger partial charge on any atom is -0.744 e. The molecule has 42 heavy (non-hydrogen) atoms. The second kappa shape index (κ2) is 14.6. The molecule has 0 aromatic heterocycles. The Morgan fingerprint density at radius 2 is 1.55 bits per heavy atom. The van der Waals surface area contributed by atoms with Crippen molar-refractivity contribution in [2.75, 3.05) is 30.3 Å². The van der Waals surface area contributed by atoms with E-state index in [-0.39, 0.29) is 40.6 Å². The summed E-state index contributed by atoms with van der Waals surface area (Å²) in [6, 6.07) is 18.2. The summed E-state index contributed by atoms with van der Waals surface area (Å²) in [6.07, 6.45) is 0.715. The van der Waals surface area contributed by atoms with Crippen molar-refractivity contribution in [3.05, 3.63) is 66.7 Å². The van der Waals surface area contributed by atoms with Crippen molar-refractivity contribution in [2.24, 2.45) is 20.5 Å². The molecule has 11 nitrogen and oxygen atoms in total. The van der Waals surface area contributed by atoms with Gasteiger partial charge in [0.2, 0.25) is 0 Å². The molecule has 0 aliphatic carbocycles. The van der Waals surface area contributed by atoms with Crippen molar-refractivity contribution < 1.29 is 52.4 Å². The SMILES string of the molecule is CCCOc1cc(N=Nc2ccc(N(CC)CC)cc2)ccc1N=Nc1c(S(=O)(=O)[O-])cc2ccc(N)cc2c1O.[Na+]. The van der Waals surface area contributed by atoms with Crippen LogP contribution >= 0.6 is 0 Å². The summed E-state index contributed by atoms with van der Waals surface area (Å²) in [5.74, 6) is -0.207. The van der Waals surface area contributed by atoms with Crippen molar-refractivity contribution in [3.63, 3.8) is 0 Å². The summed E-state index contributed by atoms with van der Waals surface area (Å²) in [6.45, 7) is 8.33. The summed E-state index contributed by atoms with van der Waals surface area (Å²) in [5, 5.41) is 28.1. The van der Waals surface area contributed by atoms with Crippen LogP contribution in [-0.4, -0.2) is 37.8 Å². The molecule has 0 amide bonds. The molecule has 4 rings (SSSR count). The summed E-state index contributed by atoms with van der Waals surface area (Å²) < 4.78 is 41.9. The number of ether oxygens (including phenoxy) is 1. The van der Waals surface area contributed by atoms with E-state index >= 15 is 0 Å². The Balaban J connectivity index is 0.00000484. The maximum Gasteiger partial charge on any atom is 1.00 e. The van der Waals surface area contributed by atoms with E-state index in [1.54, 1.807) is 18.2 Å². The van der Waals surface area contributed by atoms with Gasteiger partial charge in [0.15, 0.2) is 5.75 Å². The first-order chi connectivity index (χ1) is 19.6. The molecule has 214 valence electrons. The van der Waals surface area contributed by atoms with Crippen molar-refractivity contribution in [1.82, 2.24) is 0 Å². The fourth-order valence-corrected chi connectivity index (χ4v) is 4.80. The summed E-state index contributed by atoms with van der Waals surface area (Å²) >= 11 is 0. The van der Waals surface area contributed by atoms with Gasteiger partial charge < -0.3 is 25.0 Å². The Hall–Kier alpha value is -3.55. The van der Waals surface area contributed by atoms with E-state index in [1.807, 2.05) is 31.2 Å². The van der Waals surface area contributed by atoms with Gasteiger partial charge in [-0.05, 0) is 80.3 Å². The number of hydrogen-bond donors (Lipinski definition) is 2. The summed E-state index contributed by atoms with van der Waals surface area (Å²) in [7, 11) is -4.99. The molecular formula is C29H31N6NaO5S. The van der Waals surface area contributed by atoms with Gasteiger partial charge in [0, 0.05) is 35.9 Å². The Labute approximate surface area is 267 Å².